The Balaban J connectivity index is 0.000000327. The van der Waals surface area contributed by atoms with E-state index in [0.717, 1.165) is 28.1 Å². The van der Waals surface area contributed by atoms with E-state index < -0.39 is 0 Å². The fraction of sp³-hybridized carbons (Fsp3) is 0.125. The van der Waals surface area contributed by atoms with Crippen molar-refractivity contribution in [1.29, 1.82) is 0 Å². The maximum Gasteiger partial charge on any atom is 3.00 e. The number of para-hydroxylation sites is 3. The maximum absolute atomic E-state index is 10.0. The Kier molecular flexibility index (Phi) is 8.20. The number of ketones is 2. The Morgan fingerprint density at radius 1 is 0.759 bits per heavy atom. The molecule has 3 aromatic carbocycles. The van der Waals surface area contributed by atoms with Gasteiger partial charge in [0.1, 0.15) is 17.4 Å². The first-order valence-corrected chi connectivity index (χ1v) is 9.13. The summed E-state index contributed by atoms with van der Waals surface area (Å²) in [7, 11) is 0. The van der Waals surface area contributed by atoms with E-state index in [-0.39, 0.29) is 38.1 Å². The molecule has 0 spiro atoms. The van der Waals surface area contributed by atoms with Crippen molar-refractivity contribution in [1.82, 2.24) is 9.55 Å². The summed E-state index contributed by atoms with van der Waals surface area (Å²) in [6.45, 7) is 2.81. The quantitative estimate of drug-likeness (QED) is 0.320. The number of fused-ring (bicyclic) bond motifs is 1. The van der Waals surface area contributed by atoms with Gasteiger partial charge in [0.15, 0.2) is 0 Å². The standard InChI is InChI=1S/C19H14N2.C5H8O2.Ir/c1-3-9-15(10-4-1)19-20-17-13-7-8-14-18(17)21(19)16-11-5-2-6-12-16;1-4(6)3-5(2)7;/h1-14H;3H2,1-2H3;/q;;+3. The largest absolute Gasteiger partial charge is 3.00 e. The van der Waals surface area contributed by atoms with Crippen LogP contribution in [0.5, 0.6) is 0 Å². The summed E-state index contributed by atoms with van der Waals surface area (Å²) < 4.78 is 2.21. The first-order valence-electron chi connectivity index (χ1n) is 9.13. The van der Waals surface area contributed by atoms with Gasteiger partial charge in [0, 0.05) is 11.3 Å². The van der Waals surface area contributed by atoms with Crippen LogP contribution < -0.4 is 0 Å². The number of aromatic nitrogens is 2. The normalized spacial score (nSPS) is 9.86. The van der Waals surface area contributed by atoms with Crippen molar-refractivity contribution >= 4 is 22.6 Å². The van der Waals surface area contributed by atoms with Crippen LogP contribution in [0.25, 0.3) is 28.1 Å². The molecule has 0 bridgehead atoms. The molecule has 0 atom stereocenters. The van der Waals surface area contributed by atoms with Gasteiger partial charge in [0.25, 0.3) is 0 Å². The summed E-state index contributed by atoms with van der Waals surface area (Å²) >= 11 is 0. The molecule has 4 aromatic rings. The number of nitrogens with zero attached hydrogens (tertiary/aromatic N) is 2. The summed E-state index contributed by atoms with van der Waals surface area (Å²) in [5.74, 6) is 0.850. The summed E-state index contributed by atoms with van der Waals surface area (Å²) in [5.41, 5.74) is 4.39. The SMILES string of the molecule is CC(=O)CC(C)=O.[Ir+3].c1ccc(-c2nc3ccccc3n2-c2ccccc2)cc1. The minimum Gasteiger partial charge on any atom is -0.300 e. The Hall–Kier alpha value is -2.88. The second-order valence-corrected chi connectivity index (χ2v) is 6.54. The molecule has 1 heterocycles. The number of rotatable bonds is 4. The summed E-state index contributed by atoms with van der Waals surface area (Å²) in [4.78, 5) is 24.9. The third-order valence-corrected chi connectivity index (χ3v) is 4.11. The number of Topliss-reactive ketones (excluding diaryl/α,β-unsaturated/α-hetero) is 2. The van der Waals surface area contributed by atoms with Crippen molar-refractivity contribution in [3.63, 3.8) is 0 Å². The number of benzene rings is 3. The topological polar surface area (TPSA) is 52.0 Å². The molecule has 0 aliphatic heterocycles. The number of imidazole rings is 1. The van der Waals surface area contributed by atoms with E-state index in [1.54, 1.807) is 0 Å². The third-order valence-electron chi connectivity index (χ3n) is 4.11. The fourth-order valence-electron chi connectivity index (χ4n) is 3.00. The molecule has 29 heavy (non-hydrogen) atoms. The van der Waals surface area contributed by atoms with Gasteiger partial charge in [-0.1, -0.05) is 60.7 Å². The molecule has 0 amide bonds. The van der Waals surface area contributed by atoms with Gasteiger partial charge in [0.2, 0.25) is 0 Å². The molecule has 5 heteroatoms. The van der Waals surface area contributed by atoms with Crippen LogP contribution in [0.1, 0.15) is 20.3 Å². The van der Waals surface area contributed by atoms with E-state index in [4.69, 9.17) is 4.98 Å². The third kappa shape index (κ3) is 5.80. The predicted molar refractivity (Wildman–Crippen MR) is 112 cm³/mol. The van der Waals surface area contributed by atoms with E-state index >= 15 is 0 Å². The van der Waals surface area contributed by atoms with E-state index in [0.29, 0.717) is 0 Å². The average Bonchev–Trinajstić information content (AvgIpc) is 3.08. The number of hydrogen-bond donors (Lipinski definition) is 0. The van der Waals surface area contributed by atoms with E-state index in [9.17, 15) is 9.59 Å². The molecular formula is C24H22IrN2O2+3. The first-order chi connectivity index (χ1) is 13.6. The zero-order valence-electron chi connectivity index (χ0n) is 16.3. The molecule has 0 aliphatic rings. The molecule has 0 radical (unpaired) electrons. The van der Waals surface area contributed by atoms with Crippen LogP contribution in [0.4, 0.5) is 0 Å². The summed E-state index contributed by atoms with van der Waals surface area (Å²) in [6, 6.07) is 28.9. The van der Waals surface area contributed by atoms with Crippen molar-refractivity contribution in [3.8, 4) is 17.1 Å². The monoisotopic (exact) mass is 563 g/mol. The number of hydrogen-bond acceptors (Lipinski definition) is 3. The Morgan fingerprint density at radius 3 is 1.83 bits per heavy atom. The Morgan fingerprint density at radius 2 is 1.28 bits per heavy atom. The van der Waals surface area contributed by atoms with Crippen molar-refractivity contribution in [2.75, 3.05) is 0 Å². The van der Waals surface area contributed by atoms with Gasteiger partial charge in [-0.25, -0.2) is 4.98 Å². The predicted octanol–water partition coefficient (Wildman–Crippen LogP) is 5.24. The molecule has 4 nitrogen and oxygen atoms in total. The fourth-order valence-corrected chi connectivity index (χ4v) is 3.00. The molecule has 0 fully saturated rings. The molecule has 0 unspecified atom stereocenters. The Bertz CT molecular complexity index is 1080. The van der Waals surface area contributed by atoms with Crippen LogP contribution in [-0.4, -0.2) is 21.1 Å². The minimum atomic E-state index is -0.0625. The van der Waals surface area contributed by atoms with Crippen LogP contribution >= 0.6 is 0 Å². The molecule has 146 valence electrons. The van der Waals surface area contributed by atoms with Gasteiger partial charge in [0.05, 0.1) is 17.5 Å². The van der Waals surface area contributed by atoms with Gasteiger partial charge in [-0.3, -0.25) is 14.2 Å². The second kappa shape index (κ2) is 10.6. The van der Waals surface area contributed by atoms with Gasteiger partial charge >= 0.3 is 20.1 Å². The van der Waals surface area contributed by atoms with E-state index in [2.05, 4.69) is 59.2 Å². The van der Waals surface area contributed by atoms with Gasteiger partial charge in [-0.05, 0) is 38.1 Å². The average molecular weight is 563 g/mol. The van der Waals surface area contributed by atoms with E-state index in [1.165, 1.54) is 13.8 Å². The second-order valence-electron chi connectivity index (χ2n) is 6.54. The molecule has 0 N–H and O–H groups in total. The first kappa shape index (κ1) is 22.4. The van der Waals surface area contributed by atoms with Gasteiger partial charge in [-0.15, -0.1) is 0 Å². The number of carbonyl (C=O) groups excluding carboxylic acids is 2. The van der Waals surface area contributed by atoms with Crippen LogP contribution in [0, 0.1) is 0 Å². The zero-order chi connectivity index (χ0) is 19.9. The number of carbonyl (C=O) groups is 2. The maximum atomic E-state index is 10.0. The summed E-state index contributed by atoms with van der Waals surface area (Å²) in [6.07, 6.45) is 0.0833. The molecule has 4 rings (SSSR count). The van der Waals surface area contributed by atoms with Crippen LogP contribution in [0.3, 0.4) is 0 Å². The molecular weight excluding hydrogens is 540 g/mol. The van der Waals surface area contributed by atoms with Crippen LogP contribution in [-0.2, 0) is 29.7 Å². The Labute approximate surface area is 183 Å². The molecule has 0 aliphatic carbocycles. The molecule has 0 saturated carbocycles. The zero-order valence-corrected chi connectivity index (χ0v) is 18.7. The van der Waals surface area contributed by atoms with Crippen LogP contribution in [0.2, 0.25) is 0 Å². The van der Waals surface area contributed by atoms with Crippen molar-refractivity contribution in [2.45, 2.75) is 20.3 Å². The molecule has 1 aromatic heterocycles. The van der Waals surface area contributed by atoms with Gasteiger partial charge in [-0.2, -0.15) is 0 Å². The summed E-state index contributed by atoms with van der Waals surface area (Å²) in [5, 5.41) is 0. The van der Waals surface area contributed by atoms with Crippen LogP contribution in [0.15, 0.2) is 84.9 Å². The van der Waals surface area contributed by atoms with Crippen molar-refractivity contribution in [3.05, 3.63) is 84.9 Å². The smallest absolute Gasteiger partial charge is 0.300 e. The minimum absolute atomic E-state index is 0. The van der Waals surface area contributed by atoms with E-state index in [1.807, 2.05) is 30.3 Å². The van der Waals surface area contributed by atoms with Crippen molar-refractivity contribution in [2.24, 2.45) is 0 Å². The van der Waals surface area contributed by atoms with Gasteiger partial charge < -0.3 is 0 Å². The molecule has 0 saturated heterocycles. The van der Waals surface area contributed by atoms with Crippen molar-refractivity contribution < 1.29 is 29.7 Å².